The third kappa shape index (κ3) is 23.6. The predicted molar refractivity (Wildman–Crippen MR) is 404 cm³/mol. The molecule has 22 nitrogen and oxygen atoms in total. The van der Waals surface area contributed by atoms with Crippen molar-refractivity contribution >= 4 is 41.6 Å². The van der Waals surface area contributed by atoms with Crippen LogP contribution in [0.2, 0.25) is 0 Å². The Labute approximate surface area is 644 Å². The molecule has 578 valence electrons. The second-order valence-corrected chi connectivity index (χ2v) is 26.7. The predicted octanol–water partition coefficient (Wildman–Crippen LogP) is 13.5. The van der Waals surface area contributed by atoms with Crippen LogP contribution in [0.3, 0.4) is 0 Å². The SMILES string of the molecule is COC(C)C(OC(=O)c1ccccc1)C(OC1OC(COC(=O)c2ccccc2)C(OC2OC(COCc3ccccc3)C(OC(=O)c3ccccc3)C(OCc3ccccc3)C2OCc2ccccc2)C(OC(=O)CCC(C)=O)C1OCc1ccccc1)C(C)[C@@H](COC(=O)c1ccccc1)OC(=O)c1ccccc1. The van der Waals surface area contributed by atoms with E-state index in [1.54, 1.807) is 190 Å². The summed E-state index contributed by atoms with van der Waals surface area (Å²) in [4.78, 5) is 101. The van der Waals surface area contributed by atoms with E-state index in [4.69, 9.17) is 71.1 Å². The maximum absolute atomic E-state index is 15.1. The molecule has 0 saturated carbocycles. The van der Waals surface area contributed by atoms with Crippen LogP contribution in [0.1, 0.15) is 108 Å². The molecular formula is C89H90O22. The van der Waals surface area contributed by atoms with E-state index in [0.717, 1.165) is 11.1 Å². The van der Waals surface area contributed by atoms with Crippen LogP contribution < -0.4 is 0 Å². The van der Waals surface area contributed by atoms with Gasteiger partial charge in [0.1, 0.15) is 67.8 Å². The van der Waals surface area contributed by atoms with Crippen molar-refractivity contribution < 1.29 is 105 Å². The van der Waals surface area contributed by atoms with E-state index < -0.39 is 147 Å². The summed E-state index contributed by atoms with van der Waals surface area (Å²) in [5.41, 5.74) is 3.65. The summed E-state index contributed by atoms with van der Waals surface area (Å²) in [6.07, 6.45) is -22.1. The molecule has 11 rings (SSSR count). The summed E-state index contributed by atoms with van der Waals surface area (Å²) in [7, 11) is 1.39. The minimum atomic E-state index is -1.87. The van der Waals surface area contributed by atoms with Crippen LogP contribution in [-0.2, 0) is 107 Å². The van der Waals surface area contributed by atoms with Crippen LogP contribution in [0.15, 0.2) is 273 Å². The number of Topliss-reactive ketones (excluding diaryl/α,β-unsaturated/α-hetero) is 1. The van der Waals surface area contributed by atoms with Crippen molar-refractivity contribution in [2.75, 3.05) is 26.9 Å². The molecule has 111 heavy (non-hydrogen) atoms. The first-order valence-electron chi connectivity index (χ1n) is 36.8. The van der Waals surface area contributed by atoms with Gasteiger partial charge in [-0.1, -0.05) is 219 Å². The van der Waals surface area contributed by atoms with Gasteiger partial charge >= 0.3 is 35.8 Å². The second kappa shape index (κ2) is 41.8. The quantitative estimate of drug-likeness (QED) is 0.0257. The molecule has 14 unspecified atom stereocenters. The molecule has 0 bridgehead atoms. The van der Waals surface area contributed by atoms with Gasteiger partial charge in [0.05, 0.1) is 73.4 Å². The van der Waals surface area contributed by atoms with Crippen molar-refractivity contribution in [1.82, 2.24) is 0 Å². The minimum Gasteiger partial charge on any atom is -0.459 e. The first-order chi connectivity index (χ1) is 54.2. The smallest absolute Gasteiger partial charge is 0.338 e. The van der Waals surface area contributed by atoms with Crippen molar-refractivity contribution in [2.24, 2.45) is 5.92 Å². The largest absolute Gasteiger partial charge is 0.459 e. The Hall–Kier alpha value is -10.9. The molecule has 0 N–H and O–H groups in total. The first kappa shape index (κ1) is 81.1. The summed E-state index contributed by atoms with van der Waals surface area (Å²) in [5, 5.41) is 0. The number of hydrogen-bond acceptors (Lipinski definition) is 22. The monoisotopic (exact) mass is 1510 g/mol. The van der Waals surface area contributed by atoms with Crippen molar-refractivity contribution in [3.05, 3.63) is 323 Å². The van der Waals surface area contributed by atoms with E-state index in [9.17, 15) is 28.8 Å². The van der Waals surface area contributed by atoms with Gasteiger partial charge in [-0.2, -0.15) is 0 Å². The van der Waals surface area contributed by atoms with Crippen molar-refractivity contribution in [3.63, 3.8) is 0 Å². The average Bonchev–Trinajstić information content (AvgIpc) is 0.764. The molecule has 0 spiro atoms. The van der Waals surface area contributed by atoms with E-state index in [2.05, 4.69) is 0 Å². The highest BCUT2D eigenvalue weighted by Gasteiger charge is 2.58. The number of carbonyl (C=O) groups excluding carboxylic acids is 7. The third-order valence-electron chi connectivity index (χ3n) is 18.8. The summed E-state index contributed by atoms with van der Waals surface area (Å²) in [6.45, 7) is 2.64. The highest BCUT2D eigenvalue weighted by molar-refractivity contribution is 5.91. The zero-order valence-corrected chi connectivity index (χ0v) is 62.0. The molecule has 0 amide bonds. The van der Waals surface area contributed by atoms with Gasteiger partial charge in [-0.3, -0.25) is 4.79 Å². The van der Waals surface area contributed by atoms with Gasteiger partial charge in [0.25, 0.3) is 0 Å². The Kier molecular flexibility index (Phi) is 30.5. The number of ether oxygens (including phenoxy) is 15. The summed E-state index contributed by atoms with van der Waals surface area (Å²) in [5.74, 6) is -6.48. The van der Waals surface area contributed by atoms with Gasteiger partial charge in [-0.05, 0) is 96.8 Å². The number of methoxy groups -OCH3 is 1. The Morgan fingerprint density at radius 2 is 0.757 bits per heavy atom. The Morgan fingerprint density at radius 3 is 1.22 bits per heavy atom. The third-order valence-corrected chi connectivity index (χ3v) is 18.8. The van der Waals surface area contributed by atoms with Crippen LogP contribution >= 0.6 is 0 Å². The molecular weight excluding hydrogens is 1420 g/mol. The Balaban J connectivity index is 1.08. The number of rotatable bonds is 38. The maximum atomic E-state index is 15.1. The molecule has 2 aliphatic rings. The normalized spacial score (nSPS) is 20.8. The minimum absolute atomic E-state index is 0.0689. The van der Waals surface area contributed by atoms with Gasteiger partial charge < -0.3 is 75.8 Å². The molecule has 2 aliphatic heterocycles. The summed E-state index contributed by atoms with van der Waals surface area (Å²) >= 11 is 0. The fraction of sp³-hybridized carbons (Fsp3) is 0.315. The highest BCUT2D eigenvalue weighted by Crippen LogP contribution is 2.39. The Bertz CT molecular complexity index is 4340. The van der Waals surface area contributed by atoms with Crippen LogP contribution in [-0.4, -0.2) is 154 Å². The molecule has 2 saturated heterocycles. The van der Waals surface area contributed by atoms with Crippen LogP contribution in [0.4, 0.5) is 0 Å². The lowest BCUT2D eigenvalue weighted by Crippen LogP contribution is -2.67. The molecule has 0 aromatic heterocycles. The van der Waals surface area contributed by atoms with Crippen LogP contribution in [0.5, 0.6) is 0 Å². The molecule has 2 heterocycles. The summed E-state index contributed by atoms with van der Waals surface area (Å²) in [6, 6.07) is 77.9. The zero-order valence-electron chi connectivity index (χ0n) is 62.0. The van der Waals surface area contributed by atoms with E-state index in [1.807, 2.05) is 97.1 Å². The van der Waals surface area contributed by atoms with Crippen molar-refractivity contribution in [3.8, 4) is 0 Å². The number of benzene rings is 9. The van der Waals surface area contributed by atoms with Crippen molar-refractivity contribution in [1.29, 1.82) is 0 Å². The van der Waals surface area contributed by atoms with Crippen LogP contribution in [0.25, 0.3) is 0 Å². The van der Waals surface area contributed by atoms with E-state index >= 15 is 4.79 Å². The number of hydrogen-bond donors (Lipinski definition) is 0. The zero-order chi connectivity index (χ0) is 77.7. The molecule has 2 fully saturated rings. The van der Waals surface area contributed by atoms with E-state index in [1.165, 1.54) is 14.0 Å². The fourth-order valence-electron chi connectivity index (χ4n) is 12.7. The van der Waals surface area contributed by atoms with E-state index in [-0.39, 0.29) is 73.1 Å². The fourth-order valence-corrected chi connectivity index (χ4v) is 12.7. The van der Waals surface area contributed by atoms with Gasteiger partial charge in [0, 0.05) is 19.4 Å². The Morgan fingerprint density at radius 1 is 0.369 bits per heavy atom. The highest BCUT2D eigenvalue weighted by atomic mass is 16.8. The molecule has 0 radical (unpaired) electrons. The lowest BCUT2D eigenvalue weighted by molar-refractivity contribution is -0.377. The summed E-state index contributed by atoms with van der Waals surface area (Å²) < 4.78 is 102. The van der Waals surface area contributed by atoms with Gasteiger partial charge in [0.15, 0.2) is 30.9 Å². The number of ketones is 1. The maximum Gasteiger partial charge on any atom is 0.338 e. The number of esters is 6. The van der Waals surface area contributed by atoms with E-state index in [0.29, 0.717) is 11.1 Å². The number of carbonyl (C=O) groups is 7. The molecule has 22 heteroatoms. The first-order valence-corrected chi connectivity index (χ1v) is 36.8. The van der Waals surface area contributed by atoms with Gasteiger partial charge in [0.2, 0.25) is 0 Å². The molecule has 9 aromatic rings. The topological polar surface area (TPSA) is 258 Å². The molecule has 0 aliphatic carbocycles. The lowest BCUT2D eigenvalue weighted by atomic mass is 9.90. The molecule has 9 aromatic carbocycles. The molecule has 15 atom stereocenters. The van der Waals surface area contributed by atoms with Crippen molar-refractivity contribution in [2.45, 2.75) is 146 Å². The van der Waals surface area contributed by atoms with Gasteiger partial charge in [-0.25, -0.2) is 24.0 Å². The van der Waals surface area contributed by atoms with Crippen LogP contribution in [0, 0.1) is 5.92 Å². The average molecular weight is 1510 g/mol. The lowest BCUT2D eigenvalue weighted by Gasteiger charge is -2.50. The second-order valence-electron chi connectivity index (χ2n) is 26.7. The standard InChI is InChI=1S/C89H90O22/c1-59(90)50-51-74(91)107-80-78(111-88-81(100-54-64-36-18-7-19-37-64)79(99-53-63-34-16-6-17-35-63)77(109-87(96)70-48-30-13-31-49-70)72(105-88)56-98-52-62-32-14-5-15-33-62)73(58-103-84(93)67-42-24-10-25-43-67)106-89(82(80)101-55-65-38-20-8-21-39-65)110-75(76(61(3)97-4)108-86(95)69-46-28-12-29-47-69)60(2)71(104-85(94)68-44-26-11-27-45-68)57-102-83(92)66-40-22-9-23-41-66/h5-49,60-61,71-73,75-82,88-89H,50-58H2,1-4H3/t60?,61?,71-,72?,73?,75?,76?,77?,78?,79?,80?,81?,82?,88?,89?/m1/s1. The van der Waals surface area contributed by atoms with Gasteiger partial charge in [-0.15, -0.1) is 0 Å².